The molecule has 2 aliphatic carbocycles. The summed E-state index contributed by atoms with van der Waals surface area (Å²) in [4.78, 5) is 48.1. The Hall–Kier alpha value is -2.95. The van der Waals surface area contributed by atoms with Crippen LogP contribution >= 0.6 is 11.3 Å². The van der Waals surface area contributed by atoms with E-state index in [9.17, 15) is 14.4 Å². The average Bonchev–Trinajstić information content (AvgIpc) is 3.47. The van der Waals surface area contributed by atoms with E-state index in [1.54, 1.807) is 11.3 Å². The minimum absolute atomic E-state index is 0.0124. The summed E-state index contributed by atoms with van der Waals surface area (Å²) in [6.07, 6.45) is 11.4. The van der Waals surface area contributed by atoms with Gasteiger partial charge in [-0.25, -0.2) is 4.79 Å². The molecule has 7 rings (SSSR count). The molecule has 0 bridgehead atoms. The van der Waals surface area contributed by atoms with Crippen molar-refractivity contribution in [1.29, 1.82) is 0 Å². The molecular weight excluding hydrogens is 633 g/mol. The van der Waals surface area contributed by atoms with Crippen LogP contribution in [-0.4, -0.2) is 90.4 Å². The second kappa shape index (κ2) is 15.1. The van der Waals surface area contributed by atoms with E-state index in [2.05, 4.69) is 51.2 Å². The number of carbonyl (C=O) groups is 3. The number of urea groups is 1. The van der Waals surface area contributed by atoms with E-state index in [0.717, 1.165) is 50.2 Å². The minimum Gasteiger partial charge on any atom is -0.351 e. The van der Waals surface area contributed by atoms with E-state index in [-0.39, 0.29) is 35.7 Å². The van der Waals surface area contributed by atoms with Crippen LogP contribution in [0.4, 0.5) is 4.79 Å². The van der Waals surface area contributed by atoms with Gasteiger partial charge < -0.3 is 25.8 Å². The number of nitrogens with zero attached hydrogens (tertiary/aromatic N) is 3. The Labute approximate surface area is 296 Å². The lowest BCUT2D eigenvalue weighted by molar-refractivity contribution is -0.139. The molecule has 1 aromatic carbocycles. The molecule has 266 valence electrons. The number of carbonyl (C=O) groups excluding carboxylic acids is 3. The highest BCUT2D eigenvalue weighted by atomic mass is 32.1. The summed E-state index contributed by atoms with van der Waals surface area (Å²) in [7, 11) is 0. The molecule has 1 aromatic heterocycles. The van der Waals surface area contributed by atoms with E-state index in [0.29, 0.717) is 49.5 Å². The summed E-state index contributed by atoms with van der Waals surface area (Å²) in [5.74, 6) is -0.329. The first-order chi connectivity index (χ1) is 23.8. The highest BCUT2D eigenvalue weighted by molar-refractivity contribution is 7.09. The number of hydrogen-bond donors (Lipinski definition) is 3. The standard InChI is InChI=1S/C39H56N6O3S/c1-29(42-32-9-12-39(13-10-32)16-20-43(28-39)26-30-6-3-2-4-7-30)36(47)45-19-11-31(34(27-45)35(46)40-25-33-8-5-23-49-33)24-41-37(48)44-21-17-38(14-15-38)18-22-44/h2-8,23,29,31-32,34,42H,9-22,24-28H2,1H3,(H,40,46)(H,41,48)/t29-,31+,32?,34+,39?/m1/s1. The van der Waals surface area contributed by atoms with Gasteiger partial charge in [0.15, 0.2) is 0 Å². The average molecular weight is 689 g/mol. The number of nitrogens with one attached hydrogen (secondary N) is 3. The van der Waals surface area contributed by atoms with E-state index in [1.165, 1.54) is 50.8 Å². The molecule has 2 aromatic rings. The van der Waals surface area contributed by atoms with Crippen LogP contribution in [0.3, 0.4) is 0 Å². The van der Waals surface area contributed by atoms with Crippen LogP contribution in [0.15, 0.2) is 47.8 Å². The maximum Gasteiger partial charge on any atom is 0.317 e. The summed E-state index contributed by atoms with van der Waals surface area (Å²) in [5.41, 5.74) is 2.32. The lowest BCUT2D eigenvalue weighted by Crippen LogP contribution is -2.56. The third-order valence-corrected chi connectivity index (χ3v) is 13.6. The SMILES string of the molecule is C[C@@H](NC1CCC2(CC1)CCN(Cc1ccccc1)C2)C(=O)N1CC[C@@H](CNC(=O)N2CCC3(CC2)CC3)[C@@H](C(=O)NCc2cccs2)C1. The number of rotatable bonds is 10. The highest BCUT2D eigenvalue weighted by Gasteiger charge is 2.45. The lowest BCUT2D eigenvalue weighted by Gasteiger charge is -2.41. The molecule has 0 unspecified atom stereocenters. The molecule has 3 N–H and O–H groups in total. The van der Waals surface area contributed by atoms with Gasteiger partial charge >= 0.3 is 6.03 Å². The minimum atomic E-state index is -0.364. The Kier molecular flexibility index (Phi) is 10.6. The molecular formula is C39H56N6O3S. The van der Waals surface area contributed by atoms with Crippen molar-refractivity contribution in [1.82, 2.24) is 30.7 Å². The maximum absolute atomic E-state index is 13.8. The molecule has 2 spiro atoms. The van der Waals surface area contributed by atoms with Gasteiger partial charge in [0.05, 0.1) is 18.5 Å². The molecule has 5 aliphatic rings. The van der Waals surface area contributed by atoms with Crippen LogP contribution < -0.4 is 16.0 Å². The third-order valence-electron chi connectivity index (χ3n) is 12.7. The van der Waals surface area contributed by atoms with Gasteiger partial charge in [0.1, 0.15) is 0 Å². The fourth-order valence-corrected chi connectivity index (χ4v) is 9.80. The maximum atomic E-state index is 13.8. The molecule has 4 heterocycles. The smallest absolute Gasteiger partial charge is 0.317 e. The van der Waals surface area contributed by atoms with Crippen molar-refractivity contribution in [3.05, 3.63) is 58.3 Å². The normalized spacial score (nSPS) is 28.8. The van der Waals surface area contributed by atoms with Crippen molar-refractivity contribution >= 4 is 29.2 Å². The Morgan fingerprint density at radius 3 is 2.31 bits per heavy atom. The van der Waals surface area contributed by atoms with Crippen LogP contribution in [0.25, 0.3) is 0 Å². The number of amides is 4. The second-order valence-corrected chi connectivity index (χ2v) is 17.1. The second-order valence-electron chi connectivity index (χ2n) is 16.0. The molecule has 49 heavy (non-hydrogen) atoms. The van der Waals surface area contributed by atoms with Gasteiger partial charge in [0.25, 0.3) is 0 Å². The van der Waals surface area contributed by atoms with Crippen molar-refractivity contribution in [2.45, 2.75) is 96.3 Å². The van der Waals surface area contributed by atoms with Crippen molar-refractivity contribution in [2.24, 2.45) is 22.7 Å². The predicted octanol–water partition coefficient (Wildman–Crippen LogP) is 5.23. The highest BCUT2D eigenvalue weighted by Crippen LogP contribution is 2.53. The predicted molar refractivity (Wildman–Crippen MR) is 194 cm³/mol. The van der Waals surface area contributed by atoms with E-state index in [1.807, 2.05) is 34.2 Å². The Morgan fingerprint density at radius 1 is 0.837 bits per heavy atom. The van der Waals surface area contributed by atoms with E-state index in [4.69, 9.17) is 0 Å². The van der Waals surface area contributed by atoms with Crippen LogP contribution in [0.2, 0.25) is 0 Å². The van der Waals surface area contributed by atoms with Crippen molar-refractivity contribution in [2.75, 3.05) is 45.8 Å². The monoisotopic (exact) mass is 688 g/mol. The van der Waals surface area contributed by atoms with Gasteiger partial charge in [-0.3, -0.25) is 14.5 Å². The number of thiophene rings is 1. The summed E-state index contributed by atoms with van der Waals surface area (Å²) < 4.78 is 0. The van der Waals surface area contributed by atoms with Crippen LogP contribution in [0.1, 0.15) is 81.6 Å². The van der Waals surface area contributed by atoms with Gasteiger partial charge in [-0.05, 0) is 111 Å². The van der Waals surface area contributed by atoms with Gasteiger partial charge in [0.2, 0.25) is 11.8 Å². The van der Waals surface area contributed by atoms with Gasteiger partial charge in [0, 0.05) is 56.7 Å². The largest absolute Gasteiger partial charge is 0.351 e. The zero-order valence-electron chi connectivity index (χ0n) is 29.3. The fourth-order valence-electron chi connectivity index (χ4n) is 9.16. The molecule has 3 aliphatic heterocycles. The molecule has 4 amide bonds. The molecule has 3 saturated heterocycles. The van der Waals surface area contributed by atoms with Crippen molar-refractivity contribution in [3.8, 4) is 0 Å². The first-order valence-corrected chi connectivity index (χ1v) is 19.8. The number of hydrogen-bond acceptors (Lipinski definition) is 6. The zero-order valence-corrected chi connectivity index (χ0v) is 30.2. The van der Waals surface area contributed by atoms with Crippen molar-refractivity contribution in [3.63, 3.8) is 0 Å². The Bertz CT molecular complexity index is 1410. The summed E-state index contributed by atoms with van der Waals surface area (Å²) >= 11 is 1.63. The topological polar surface area (TPSA) is 97.0 Å². The molecule has 0 radical (unpaired) electrons. The molecule has 9 nitrogen and oxygen atoms in total. The van der Waals surface area contributed by atoms with Gasteiger partial charge in [-0.15, -0.1) is 11.3 Å². The van der Waals surface area contributed by atoms with Crippen molar-refractivity contribution < 1.29 is 14.4 Å². The van der Waals surface area contributed by atoms with Crippen LogP contribution in [0.5, 0.6) is 0 Å². The molecule has 5 fully saturated rings. The zero-order chi connectivity index (χ0) is 33.8. The van der Waals surface area contributed by atoms with E-state index >= 15 is 0 Å². The van der Waals surface area contributed by atoms with Gasteiger partial charge in [-0.1, -0.05) is 36.4 Å². The number of piperidine rings is 2. The Morgan fingerprint density at radius 2 is 1.59 bits per heavy atom. The quantitative estimate of drug-likeness (QED) is 0.318. The summed E-state index contributed by atoms with van der Waals surface area (Å²) in [6, 6.07) is 14.8. The Balaban J connectivity index is 0.898. The van der Waals surface area contributed by atoms with Crippen LogP contribution in [-0.2, 0) is 22.7 Å². The summed E-state index contributed by atoms with van der Waals surface area (Å²) in [5, 5.41) is 12.0. The first kappa shape index (κ1) is 34.5. The number of likely N-dealkylation sites (tertiary alicyclic amines) is 3. The van der Waals surface area contributed by atoms with Gasteiger partial charge in [-0.2, -0.15) is 0 Å². The third kappa shape index (κ3) is 8.51. The van der Waals surface area contributed by atoms with E-state index < -0.39 is 0 Å². The lowest BCUT2D eigenvalue weighted by atomic mass is 9.72. The molecule has 2 saturated carbocycles. The van der Waals surface area contributed by atoms with Crippen LogP contribution in [0, 0.1) is 22.7 Å². The summed E-state index contributed by atoms with van der Waals surface area (Å²) in [6.45, 7) is 8.95. The number of benzene rings is 1. The fraction of sp³-hybridized carbons (Fsp3) is 0.667. The first-order valence-electron chi connectivity index (χ1n) is 18.9. The molecule has 10 heteroatoms. The molecule has 3 atom stereocenters.